The van der Waals surface area contributed by atoms with E-state index >= 15 is 0 Å². The van der Waals surface area contributed by atoms with E-state index in [2.05, 4.69) is 11.9 Å². The molecule has 8 heteroatoms. The van der Waals surface area contributed by atoms with Crippen LogP contribution in [0.4, 0.5) is 4.39 Å². The molecule has 0 fully saturated rings. The number of carboxylic acid groups (broad SMARTS) is 1. The van der Waals surface area contributed by atoms with Crippen LogP contribution in [0.2, 0.25) is 0 Å². The van der Waals surface area contributed by atoms with Crippen molar-refractivity contribution in [1.29, 1.82) is 0 Å². The van der Waals surface area contributed by atoms with Crippen molar-refractivity contribution in [3.05, 3.63) is 36.2 Å². The van der Waals surface area contributed by atoms with Crippen LogP contribution in [0.15, 0.2) is 24.8 Å². The number of rotatable bonds is 9. The predicted molar refractivity (Wildman–Crippen MR) is 79.4 cm³/mol. The molecule has 2 N–H and O–H groups in total. The molecule has 23 heavy (non-hydrogen) atoms. The Morgan fingerprint density at radius 3 is 2.61 bits per heavy atom. The van der Waals surface area contributed by atoms with Gasteiger partial charge in [-0.1, -0.05) is 6.08 Å². The second-order valence-electron chi connectivity index (χ2n) is 4.35. The number of nitrogens with one attached hydrogen (secondary N) is 1. The zero-order valence-corrected chi connectivity index (χ0v) is 12.8. The molecule has 0 aliphatic heterocycles. The smallest absolute Gasteiger partial charge is 0.328 e. The third-order valence-electron chi connectivity index (χ3n) is 2.85. The van der Waals surface area contributed by atoms with E-state index in [0.717, 1.165) is 6.07 Å². The van der Waals surface area contributed by atoms with Crippen LogP contribution in [-0.4, -0.2) is 50.5 Å². The minimum atomic E-state index is -1.35. The van der Waals surface area contributed by atoms with Gasteiger partial charge < -0.3 is 24.6 Å². The number of halogens is 1. The average molecular weight is 327 g/mol. The summed E-state index contributed by atoms with van der Waals surface area (Å²) in [5.41, 5.74) is -0.443. The Hall–Kier alpha value is -2.61. The maximum absolute atomic E-state index is 14.0. The molecule has 0 spiro atoms. The zero-order chi connectivity index (χ0) is 17.4. The number of hydrogen-bond donors (Lipinski definition) is 2. The first-order chi connectivity index (χ1) is 11.0. The highest BCUT2D eigenvalue weighted by Gasteiger charge is 2.26. The topological polar surface area (TPSA) is 94.1 Å². The summed E-state index contributed by atoms with van der Waals surface area (Å²) in [4.78, 5) is 23.4. The molecule has 0 aliphatic carbocycles. The Balaban J connectivity index is 3.03. The van der Waals surface area contributed by atoms with Gasteiger partial charge in [0.05, 0.1) is 27.4 Å². The van der Waals surface area contributed by atoms with Gasteiger partial charge in [-0.2, -0.15) is 0 Å². The van der Waals surface area contributed by atoms with E-state index in [4.69, 9.17) is 19.3 Å². The Morgan fingerprint density at radius 2 is 2.09 bits per heavy atom. The molecule has 126 valence electrons. The van der Waals surface area contributed by atoms with Crippen LogP contribution in [-0.2, 0) is 9.53 Å². The van der Waals surface area contributed by atoms with Gasteiger partial charge in [0.25, 0.3) is 5.91 Å². The fourth-order valence-electron chi connectivity index (χ4n) is 1.79. The van der Waals surface area contributed by atoms with E-state index in [1.54, 1.807) is 0 Å². The van der Waals surface area contributed by atoms with Gasteiger partial charge in [0.1, 0.15) is 11.4 Å². The standard InChI is InChI=1S/C15H18FNO6/c1-4-7-23-8-10(15(19)20)17-14(18)12-9(16)5-6-11(21-2)13(12)22-3/h4-6,10H,1,7-8H2,2-3H3,(H,17,18)(H,19,20). The number of aliphatic carboxylic acids is 1. The SMILES string of the molecule is C=CCOCC(NC(=O)c1c(F)ccc(OC)c1OC)C(=O)O. The predicted octanol–water partition coefficient (Wildman–Crippen LogP) is 1.23. The molecule has 1 atom stereocenters. The van der Waals surface area contributed by atoms with Crippen molar-refractivity contribution in [2.45, 2.75) is 6.04 Å². The number of carbonyl (C=O) groups is 2. The molecule has 0 aliphatic rings. The first-order valence-corrected chi connectivity index (χ1v) is 6.59. The molecule has 1 aromatic rings. The number of benzene rings is 1. The fourth-order valence-corrected chi connectivity index (χ4v) is 1.79. The van der Waals surface area contributed by atoms with Crippen LogP contribution in [0.3, 0.4) is 0 Å². The monoisotopic (exact) mass is 327 g/mol. The van der Waals surface area contributed by atoms with Crippen molar-refractivity contribution < 1.29 is 33.3 Å². The highest BCUT2D eigenvalue weighted by atomic mass is 19.1. The number of carbonyl (C=O) groups excluding carboxylic acids is 1. The Kier molecular flexibility index (Phi) is 7.01. The molecule has 7 nitrogen and oxygen atoms in total. The van der Waals surface area contributed by atoms with Crippen LogP contribution in [0.25, 0.3) is 0 Å². The summed E-state index contributed by atoms with van der Waals surface area (Å²) in [5.74, 6) is -3.11. The summed E-state index contributed by atoms with van der Waals surface area (Å²) in [6, 6.07) is 0.977. The largest absolute Gasteiger partial charge is 0.493 e. The molecule has 0 saturated carbocycles. The Bertz CT molecular complexity index is 590. The summed E-state index contributed by atoms with van der Waals surface area (Å²) < 4.78 is 29.0. The number of amides is 1. The quantitative estimate of drug-likeness (QED) is 0.523. The fraction of sp³-hybridized carbons (Fsp3) is 0.333. The van der Waals surface area contributed by atoms with Crippen molar-refractivity contribution in [3.63, 3.8) is 0 Å². The molecule has 1 aromatic carbocycles. The van der Waals surface area contributed by atoms with Crippen LogP contribution in [0.1, 0.15) is 10.4 Å². The number of hydrogen-bond acceptors (Lipinski definition) is 5. The summed E-state index contributed by atoms with van der Waals surface area (Å²) in [7, 11) is 2.58. The Labute approximate surface area is 132 Å². The van der Waals surface area contributed by atoms with Crippen LogP contribution < -0.4 is 14.8 Å². The minimum Gasteiger partial charge on any atom is -0.493 e. The molecule has 1 amide bonds. The van der Waals surface area contributed by atoms with Crippen LogP contribution in [0, 0.1) is 5.82 Å². The van der Waals surface area contributed by atoms with Gasteiger partial charge in [0.15, 0.2) is 17.5 Å². The lowest BCUT2D eigenvalue weighted by Gasteiger charge is -2.17. The lowest BCUT2D eigenvalue weighted by atomic mass is 10.1. The molecule has 0 radical (unpaired) electrons. The second kappa shape index (κ2) is 8.74. The molecular formula is C15H18FNO6. The van der Waals surface area contributed by atoms with Crippen molar-refractivity contribution in [2.75, 3.05) is 27.4 Å². The lowest BCUT2D eigenvalue weighted by molar-refractivity contribution is -0.140. The van der Waals surface area contributed by atoms with Crippen LogP contribution >= 0.6 is 0 Å². The Morgan fingerprint density at radius 1 is 1.39 bits per heavy atom. The highest BCUT2D eigenvalue weighted by Crippen LogP contribution is 2.32. The van der Waals surface area contributed by atoms with Gasteiger partial charge in [0, 0.05) is 0 Å². The third kappa shape index (κ3) is 4.68. The van der Waals surface area contributed by atoms with Gasteiger partial charge in [-0.25, -0.2) is 9.18 Å². The maximum Gasteiger partial charge on any atom is 0.328 e. The highest BCUT2D eigenvalue weighted by molar-refractivity contribution is 6.00. The molecule has 1 unspecified atom stereocenters. The second-order valence-corrected chi connectivity index (χ2v) is 4.35. The molecule has 0 aromatic heterocycles. The van der Waals surface area contributed by atoms with E-state index in [1.165, 1.54) is 26.4 Å². The summed E-state index contributed by atoms with van der Waals surface area (Å²) in [5, 5.41) is 11.3. The van der Waals surface area contributed by atoms with Gasteiger partial charge in [0.2, 0.25) is 0 Å². The summed E-state index contributed by atoms with van der Waals surface area (Å²) in [6.45, 7) is 3.26. The summed E-state index contributed by atoms with van der Waals surface area (Å²) in [6.07, 6.45) is 1.44. The third-order valence-corrected chi connectivity index (χ3v) is 2.85. The minimum absolute atomic E-state index is 0.122. The van der Waals surface area contributed by atoms with Crippen molar-refractivity contribution >= 4 is 11.9 Å². The zero-order valence-electron chi connectivity index (χ0n) is 12.8. The summed E-state index contributed by atoms with van der Waals surface area (Å²) >= 11 is 0. The van der Waals surface area contributed by atoms with E-state index in [1.807, 2.05) is 0 Å². The van der Waals surface area contributed by atoms with E-state index in [0.29, 0.717) is 0 Å². The first-order valence-electron chi connectivity index (χ1n) is 6.59. The molecule has 0 bridgehead atoms. The number of methoxy groups -OCH3 is 2. The molecule has 0 heterocycles. The van der Waals surface area contributed by atoms with E-state index in [-0.39, 0.29) is 24.7 Å². The van der Waals surface area contributed by atoms with Gasteiger partial charge in [-0.15, -0.1) is 6.58 Å². The molecule has 1 rings (SSSR count). The molecule has 0 saturated heterocycles. The van der Waals surface area contributed by atoms with E-state index < -0.39 is 29.3 Å². The van der Waals surface area contributed by atoms with Crippen molar-refractivity contribution in [2.24, 2.45) is 0 Å². The lowest BCUT2D eigenvalue weighted by Crippen LogP contribution is -2.44. The van der Waals surface area contributed by atoms with E-state index in [9.17, 15) is 14.0 Å². The van der Waals surface area contributed by atoms with Gasteiger partial charge in [-0.05, 0) is 12.1 Å². The van der Waals surface area contributed by atoms with Gasteiger partial charge >= 0.3 is 5.97 Å². The number of ether oxygens (including phenoxy) is 3. The van der Waals surface area contributed by atoms with Crippen LogP contribution in [0.5, 0.6) is 11.5 Å². The van der Waals surface area contributed by atoms with Gasteiger partial charge in [-0.3, -0.25) is 4.79 Å². The maximum atomic E-state index is 14.0. The van der Waals surface area contributed by atoms with Crippen molar-refractivity contribution in [3.8, 4) is 11.5 Å². The number of carboxylic acids is 1. The normalized spacial score (nSPS) is 11.4. The van der Waals surface area contributed by atoms with Crippen molar-refractivity contribution in [1.82, 2.24) is 5.32 Å². The average Bonchev–Trinajstić information content (AvgIpc) is 2.53. The first kappa shape index (κ1) is 18.4. The molecular weight excluding hydrogens is 309 g/mol.